The standard InChI is InChI=1S/C11H16FNO/c1-9(8-14-2)7-13-11-5-3-10(12)4-6-11/h3-6,9,13H,7-8H2,1-2H3. The normalized spacial score (nSPS) is 12.5. The fourth-order valence-corrected chi connectivity index (χ4v) is 1.20. The quantitative estimate of drug-likeness (QED) is 0.783. The summed E-state index contributed by atoms with van der Waals surface area (Å²) in [5.41, 5.74) is 0.939. The molecule has 2 nitrogen and oxygen atoms in total. The molecule has 0 saturated heterocycles. The predicted molar refractivity (Wildman–Crippen MR) is 55.9 cm³/mol. The summed E-state index contributed by atoms with van der Waals surface area (Å²) in [6.45, 7) is 3.66. The lowest BCUT2D eigenvalue weighted by atomic mass is 10.2. The van der Waals surface area contributed by atoms with Crippen molar-refractivity contribution >= 4 is 5.69 Å². The number of benzene rings is 1. The van der Waals surface area contributed by atoms with E-state index in [4.69, 9.17) is 4.74 Å². The first-order valence-corrected chi connectivity index (χ1v) is 4.70. The Bertz CT molecular complexity index is 260. The summed E-state index contributed by atoms with van der Waals surface area (Å²) in [4.78, 5) is 0. The van der Waals surface area contributed by atoms with Crippen LogP contribution in [0.15, 0.2) is 24.3 Å². The van der Waals surface area contributed by atoms with Crippen LogP contribution >= 0.6 is 0 Å². The van der Waals surface area contributed by atoms with Gasteiger partial charge in [0.05, 0.1) is 6.61 Å². The van der Waals surface area contributed by atoms with Crippen molar-refractivity contribution in [2.45, 2.75) is 6.92 Å². The first kappa shape index (κ1) is 11.0. The molecule has 3 heteroatoms. The number of rotatable bonds is 5. The van der Waals surface area contributed by atoms with Gasteiger partial charge in [0.25, 0.3) is 0 Å². The van der Waals surface area contributed by atoms with E-state index in [0.29, 0.717) is 5.92 Å². The molecule has 0 heterocycles. The van der Waals surface area contributed by atoms with Crippen molar-refractivity contribution in [3.05, 3.63) is 30.1 Å². The van der Waals surface area contributed by atoms with Gasteiger partial charge >= 0.3 is 0 Å². The van der Waals surface area contributed by atoms with E-state index in [1.807, 2.05) is 0 Å². The van der Waals surface area contributed by atoms with E-state index in [1.165, 1.54) is 12.1 Å². The third-order valence-electron chi connectivity index (χ3n) is 1.95. The molecule has 78 valence electrons. The van der Waals surface area contributed by atoms with Gasteiger partial charge in [-0.3, -0.25) is 0 Å². The molecular formula is C11H16FNO. The van der Waals surface area contributed by atoms with Gasteiger partial charge in [0, 0.05) is 19.3 Å². The van der Waals surface area contributed by atoms with Crippen LogP contribution in [0, 0.1) is 11.7 Å². The minimum Gasteiger partial charge on any atom is -0.385 e. The summed E-state index contributed by atoms with van der Waals surface area (Å²) in [5.74, 6) is 0.241. The monoisotopic (exact) mass is 197 g/mol. The number of methoxy groups -OCH3 is 1. The number of ether oxygens (including phenoxy) is 1. The van der Waals surface area contributed by atoms with E-state index < -0.39 is 0 Å². The van der Waals surface area contributed by atoms with Crippen LogP contribution in [0.4, 0.5) is 10.1 Å². The molecule has 0 saturated carbocycles. The molecule has 1 rings (SSSR count). The molecule has 0 amide bonds. The molecule has 0 radical (unpaired) electrons. The maximum Gasteiger partial charge on any atom is 0.123 e. The van der Waals surface area contributed by atoms with E-state index in [0.717, 1.165) is 18.8 Å². The molecule has 1 unspecified atom stereocenters. The molecule has 0 aliphatic heterocycles. The number of nitrogens with one attached hydrogen (secondary N) is 1. The molecule has 1 atom stereocenters. The number of halogens is 1. The van der Waals surface area contributed by atoms with E-state index in [-0.39, 0.29) is 5.82 Å². The Labute approximate surface area is 84.1 Å². The van der Waals surface area contributed by atoms with Crippen LogP contribution in [0.25, 0.3) is 0 Å². The van der Waals surface area contributed by atoms with E-state index in [9.17, 15) is 4.39 Å². The number of hydrogen-bond donors (Lipinski definition) is 1. The number of hydrogen-bond acceptors (Lipinski definition) is 2. The predicted octanol–water partition coefficient (Wildman–Crippen LogP) is 2.52. The molecule has 0 bridgehead atoms. The van der Waals surface area contributed by atoms with Crippen LogP contribution < -0.4 is 5.32 Å². The lowest BCUT2D eigenvalue weighted by Crippen LogP contribution is -2.15. The Morgan fingerprint density at radius 2 is 2.00 bits per heavy atom. The summed E-state index contributed by atoms with van der Waals surface area (Å²) < 4.78 is 17.6. The van der Waals surface area contributed by atoms with Crippen molar-refractivity contribution in [2.24, 2.45) is 5.92 Å². The van der Waals surface area contributed by atoms with Crippen molar-refractivity contribution < 1.29 is 9.13 Å². The third kappa shape index (κ3) is 3.75. The Hall–Kier alpha value is -1.09. The van der Waals surface area contributed by atoms with Gasteiger partial charge in [-0.25, -0.2) is 4.39 Å². The zero-order chi connectivity index (χ0) is 10.4. The van der Waals surface area contributed by atoms with Gasteiger partial charge in [-0.2, -0.15) is 0 Å². The molecule has 1 N–H and O–H groups in total. The Morgan fingerprint density at radius 1 is 1.36 bits per heavy atom. The van der Waals surface area contributed by atoms with Crippen molar-refractivity contribution in [2.75, 3.05) is 25.6 Å². The zero-order valence-electron chi connectivity index (χ0n) is 8.59. The highest BCUT2D eigenvalue weighted by molar-refractivity contribution is 5.42. The second-order valence-electron chi connectivity index (χ2n) is 3.45. The molecule has 1 aromatic rings. The minimum atomic E-state index is -0.208. The Balaban J connectivity index is 2.34. The second kappa shape index (κ2) is 5.60. The largest absolute Gasteiger partial charge is 0.385 e. The molecule has 0 aliphatic carbocycles. The fraction of sp³-hybridized carbons (Fsp3) is 0.455. The van der Waals surface area contributed by atoms with Crippen LogP contribution in [0.3, 0.4) is 0 Å². The maximum absolute atomic E-state index is 12.6. The lowest BCUT2D eigenvalue weighted by Gasteiger charge is -2.12. The first-order valence-electron chi connectivity index (χ1n) is 4.70. The Kier molecular flexibility index (Phi) is 4.40. The van der Waals surface area contributed by atoms with E-state index in [2.05, 4.69) is 12.2 Å². The van der Waals surface area contributed by atoms with Crippen molar-refractivity contribution in [3.63, 3.8) is 0 Å². The average Bonchev–Trinajstić information content (AvgIpc) is 2.17. The van der Waals surface area contributed by atoms with Gasteiger partial charge < -0.3 is 10.1 Å². The van der Waals surface area contributed by atoms with E-state index >= 15 is 0 Å². The summed E-state index contributed by atoms with van der Waals surface area (Å²) in [6, 6.07) is 6.36. The fourth-order valence-electron chi connectivity index (χ4n) is 1.20. The van der Waals surface area contributed by atoms with Crippen molar-refractivity contribution in [1.82, 2.24) is 0 Å². The van der Waals surface area contributed by atoms with Crippen LogP contribution in [0.1, 0.15) is 6.92 Å². The van der Waals surface area contributed by atoms with Gasteiger partial charge in [0.1, 0.15) is 5.82 Å². The molecule has 14 heavy (non-hydrogen) atoms. The van der Waals surface area contributed by atoms with E-state index in [1.54, 1.807) is 19.2 Å². The molecule has 0 spiro atoms. The highest BCUT2D eigenvalue weighted by Crippen LogP contribution is 2.08. The lowest BCUT2D eigenvalue weighted by molar-refractivity contribution is 0.164. The Morgan fingerprint density at radius 3 is 2.57 bits per heavy atom. The highest BCUT2D eigenvalue weighted by Gasteiger charge is 2.00. The molecular weight excluding hydrogens is 181 g/mol. The molecule has 1 aromatic carbocycles. The summed E-state index contributed by atoms with van der Waals surface area (Å²) in [6.07, 6.45) is 0. The van der Waals surface area contributed by atoms with Gasteiger partial charge in [0.2, 0.25) is 0 Å². The summed E-state index contributed by atoms with van der Waals surface area (Å²) >= 11 is 0. The van der Waals surface area contributed by atoms with Gasteiger partial charge in [-0.1, -0.05) is 6.92 Å². The van der Waals surface area contributed by atoms with Crippen LogP contribution in [-0.2, 0) is 4.74 Å². The second-order valence-corrected chi connectivity index (χ2v) is 3.45. The van der Waals surface area contributed by atoms with Gasteiger partial charge in [0.15, 0.2) is 0 Å². The topological polar surface area (TPSA) is 21.3 Å². The van der Waals surface area contributed by atoms with Gasteiger partial charge in [-0.05, 0) is 30.2 Å². The summed E-state index contributed by atoms with van der Waals surface area (Å²) in [5, 5.41) is 3.21. The highest BCUT2D eigenvalue weighted by atomic mass is 19.1. The molecule has 0 fully saturated rings. The van der Waals surface area contributed by atoms with Gasteiger partial charge in [-0.15, -0.1) is 0 Å². The minimum absolute atomic E-state index is 0.208. The number of anilines is 1. The third-order valence-corrected chi connectivity index (χ3v) is 1.95. The average molecular weight is 197 g/mol. The van der Waals surface area contributed by atoms with Crippen molar-refractivity contribution in [1.29, 1.82) is 0 Å². The van der Waals surface area contributed by atoms with Crippen LogP contribution in [0.5, 0.6) is 0 Å². The maximum atomic E-state index is 12.6. The smallest absolute Gasteiger partial charge is 0.123 e. The molecule has 0 aromatic heterocycles. The first-order chi connectivity index (χ1) is 6.72. The van der Waals surface area contributed by atoms with Crippen LogP contribution in [-0.4, -0.2) is 20.3 Å². The summed E-state index contributed by atoms with van der Waals surface area (Å²) in [7, 11) is 1.69. The van der Waals surface area contributed by atoms with Crippen LogP contribution in [0.2, 0.25) is 0 Å². The molecule has 0 aliphatic rings. The zero-order valence-corrected chi connectivity index (χ0v) is 8.59. The van der Waals surface area contributed by atoms with Crippen molar-refractivity contribution in [3.8, 4) is 0 Å². The SMILES string of the molecule is COCC(C)CNc1ccc(F)cc1.